The summed E-state index contributed by atoms with van der Waals surface area (Å²) in [5, 5.41) is 16.8. The van der Waals surface area contributed by atoms with Gasteiger partial charge in [0.15, 0.2) is 0 Å². The number of aryl methyl sites for hydroxylation is 1. The topological polar surface area (TPSA) is 61.4 Å². The summed E-state index contributed by atoms with van der Waals surface area (Å²) in [6.45, 7) is 0. The molecule has 0 bridgehead atoms. The smallest absolute Gasteiger partial charge is 0.208 e. The second-order valence-corrected chi connectivity index (χ2v) is 4.19. The maximum atomic E-state index is 5.84. The molecule has 1 aromatic carbocycles. The van der Waals surface area contributed by atoms with Crippen LogP contribution in [-0.4, -0.2) is 30.0 Å². The number of tetrazole rings is 1. The molecule has 2 aromatic heterocycles. The zero-order valence-electron chi connectivity index (χ0n) is 9.53. The van der Waals surface area contributed by atoms with Gasteiger partial charge in [-0.1, -0.05) is 11.6 Å². The molecular formula is C11H9ClN6. The third-order valence-corrected chi connectivity index (χ3v) is 2.69. The van der Waals surface area contributed by atoms with Gasteiger partial charge in [-0.2, -0.15) is 9.90 Å². The van der Waals surface area contributed by atoms with Crippen LogP contribution in [0.25, 0.3) is 17.1 Å². The van der Waals surface area contributed by atoms with Crippen LogP contribution in [0, 0.1) is 0 Å². The first-order valence-electron chi connectivity index (χ1n) is 5.27. The summed E-state index contributed by atoms with van der Waals surface area (Å²) in [7, 11) is 1.72. The molecule has 2 heterocycles. The van der Waals surface area contributed by atoms with E-state index in [4.69, 9.17) is 11.6 Å². The fourth-order valence-electron chi connectivity index (χ4n) is 1.57. The van der Waals surface area contributed by atoms with Crippen molar-refractivity contribution in [2.24, 2.45) is 7.05 Å². The van der Waals surface area contributed by atoms with E-state index in [2.05, 4.69) is 20.5 Å². The van der Waals surface area contributed by atoms with E-state index in [0.717, 1.165) is 11.3 Å². The standard InChI is InChI=1S/C11H9ClN6/c1-17-15-11(14-16-17)8-6-13-18(7-8)10-4-2-9(12)3-5-10/h2-7H,1H3. The molecule has 18 heavy (non-hydrogen) atoms. The maximum absolute atomic E-state index is 5.84. The minimum absolute atomic E-state index is 0.553. The van der Waals surface area contributed by atoms with Gasteiger partial charge in [0.2, 0.25) is 5.82 Å². The van der Waals surface area contributed by atoms with Crippen LogP contribution < -0.4 is 0 Å². The Morgan fingerprint density at radius 2 is 1.94 bits per heavy atom. The number of hydrogen-bond donors (Lipinski definition) is 0. The van der Waals surface area contributed by atoms with E-state index in [0.29, 0.717) is 10.8 Å². The lowest BCUT2D eigenvalue weighted by Gasteiger charge is -1.99. The highest BCUT2D eigenvalue weighted by atomic mass is 35.5. The summed E-state index contributed by atoms with van der Waals surface area (Å²) in [6.07, 6.45) is 3.55. The van der Waals surface area contributed by atoms with Gasteiger partial charge in [0.1, 0.15) is 0 Å². The average Bonchev–Trinajstić information content (AvgIpc) is 2.98. The van der Waals surface area contributed by atoms with E-state index >= 15 is 0 Å². The highest BCUT2D eigenvalue weighted by Crippen LogP contribution is 2.17. The van der Waals surface area contributed by atoms with E-state index in [-0.39, 0.29) is 0 Å². The van der Waals surface area contributed by atoms with Gasteiger partial charge >= 0.3 is 0 Å². The van der Waals surface area contributed by atoms with Gasteiger partial charge in [0, 0.05) is 11.2 Å². The predicted octanol–water partition coefficient (Wildman–Crippen LogP) is 1.72. The van der Waals surface area contributed by atoms with Crippen LogP contribution in [0.3, 0.4) is 0 Å². The minimum Gasteiger partial charge on any atom is -0.240 e. The van der Waals surface area contributed by atoms with Crippen LogP contribution >= 0.6 is 11.6 Å². The van der Waals surface area contributed by atoms with Crippen molar-refractivity contribution in [2.45, 2.75) is 0 Å². The quantitative estimate of drug-likeness (QED) is 0.704. The molecule has 0 radical (unpaired) electrons. The molecule has 7 heteroatoms. The van der Waals surface area contributed by atoms with Crippen molar-refractivity contribution in [1.29, 1.82) is 0 Å². The summed E-state index contributed by atoms with van der Waals surface area (Å²) < 4.78 is 1.74. The van der Waals surface area contributed by atoms with Crippen molar-refractivity contribution in [3.8, 4) is 17.1 Å². The van der Waals surface area contributed by atoms with Gasteiger partial charge in [0.05, 0.1) is 24.5 Å². The molecule has 0 atom stereocenters. The van der Waals surface area contributed by atoms with Gasteiger partial charge in [-0.05, 0) is 29.5 Å². The summed E-state index contributed by atoms with van der Waals surface area (Å²) in [5.41, 5.74) is 1.74. The van der Waals surface area contributed by atoms with Crippen LogP contribution in [-0.2, 0) is 7.05 Å². The van der Waals surface area contributed by atoms with Gasteiger partial charge in [-0.15, -0.1) is 10.2 Å². The van der Waals surface area contributed by atoms with Gasteiger partial charge < -0.3 is 0 Å². The minimum atomic E-state index is 0.553. The van der Waals surface area contributed by atoms with Crippen molar-refractivity contribution in [3.05, 3.63) is 41.7 Å². The second kappa shape index (κ2) is 4.23. The summed E-state index contributed by atoms with van der Waals surface area (Å²) in [4.78, 5) is 1.41. The molecule has 0 amide bonds. The molecule has 0 aliphatic heterocycles. The lowest BCUT2D eigenvalue weighted by molar-refractivity contribution is 0.630. The Hall–Kier alpha value is -2.21. The molecule has 0 unspecified atom stereocenters. The first kappa shape index (κ1) is 10.9. The molecule has 3 aromatic rings. The molecule has 0 saturated carbocycles. The Bertz CT molecular complexity index is 669. The Kier molecular flexibility index (Phi) is 2.56. The Labute approximate surface area is 108 Å². The highest BCUT2D eigenvalue weighted by Gasteiger charge is 2.08. The number of halogens is 1. The zero-order valence-corrected chi connectivity index (χ0v) is 10.3. The molecule has 0 spiro atoms. The van der Waals surface area contributed by atoms with E-state index in [1.807, 2.05) is 30.5 Å². The monoisotopic (exact) mass is 260 g/mol. The van der Waals surface area contributed by atoms with E-state index in [1.165, 1.54) is 4.80 Å². The van der Waals surface area contributed by atoms with Gasteiger partial charge in [-0.25, -0.2) is 4.68 Å². The summed E-state index contributed by atoms with van der Waals surface area (Å²) in [5.74, 6) is 0.553. The zero-order chi connectivity index (χ0) is 12.5. The number of hydrogen-bond acceptors (Lipinski definition) is 4. The average molecular weight is 261 g/mol. The summed E-state index contributed by atoms with van der Waals surface area (Å²) >= 11 is 5.84. The summed E-state index contributed by atoms with van der Waals surface area (Å²) in [6, 6.07) is 7.42. The highest BCUT2D eigenvalue weighted by molar-refractivity contribution is 6.30. The molecule has 0 N–H and O–H groups in total. The van der Waals surface area contributed by atoms with E-state index in [1.54, 1.807) is 17.9 Å². The SMILES string of the molecule is Cn1nnc(-c2cnn(-c3ccc(Cl)cc3)c2)n1. The molecule has 6 nitrogen and oxygen atoms in total. The van der Waals surface area contributed by atoms with Crippen molar-refractivity contribution < 1.29 is 0 Å². The normalized spacial score (nSPS) is 10.8. The lowest BCUT2D eigenvalue weighted by atomic mass is 10.3. The molecule has 0 aliphatic carbocycles. The number of aromatic nitrogens is 6. The fourth-order valence-corrected chi connectivity index (χ4v) is 1.70. The molecule has 0 aliphatic rings. The van der Waals surface area contributed by atoms with Crippen molar-refractivity contribution in [3.63, 3.8) is 0 Å². The largest absolute Gasteiger partial charge is 0.240 e. The molecule has 0 saturated heterocycles. The van der Waals surface area contributed by atoms with Crippen molar-refractivity contribution >= 4 is 11.6 Å². The first-order valence-corrected chi connectivity index (χ1v) is 5.65. The Morgan fingerprint density at radius 1 is 1.17 bits per heavy atom. The predicted molar refractivity (Wildman–Crippen MR) is 66.4 cm³/mol. The maximum Gasteiger partial charge on any atom is 0.208 e. The van der Waals surface area contributed by atoms with Crippen molar-refractivity contribution in [1.82, 2.24) is 30.0 Å². The molecule has 90 valence electrons. The number of nitrogens with zero attached hydrogens (tertiary/aromatic N) is 6. The van der Waals surface area contributed by atoms with Crippen LogP contribution in [0.15, 0.2) is 36.7 Å². The van der Waals surface area contributed by atoms with Crippen LogP contribution in [0.5, 0.6) is 0 Å². The van der Waals surface area contributed by atoms with Crippen LogP contribution in [0.2, 0.25) is 5.02 Å². The number of rotatable bonds is 2. The number of benzene rings is 1. The fraction of sp³-hybridized carbons (Fsp3) is 0.0909. The Morgan fingerprint density at radius 3 is 2.61 bits per heavy atom. The third kappa shape index (κ3) is 1.98. The first-order chi connectivity index (χ1) is 8.72. The van der Waals surface area contributed by atoms with Gasteiger partial charge in [-0.3, -0.25) is 0 Å². The third-order valence-electron chi connectivity index (χ3n) is 2.44. The molecular weight excluding hydrogens is 252 g/mol. The molecule has 0 fully saturated rings. The Balaban J connectivity index is 1.96. The lowest BCUT2D eigenvalue weighted by Crippen LogP contribution is -1.93. The van der Waals surface area contributed by atoms with E-state index in [9.17, 15) is 0 Å². The van der Waals surface area contributed by atoms with Gasteiger partial charge in [0.25, 0.3) is 0 Å². The van der Waals surface area contributed by atoms with E-state index < -0.39 is 0 Å². The second-order valence-electron chi connectivity index (χ2n) is 3.75. The van der Waals surface area contributed by atoms with Crippen LogP contribution in [0.1, 0.15) is 0 Å². The van der Waals surface area contributed by atoms with Crippen LogP contribution in [0.4, 0.5) is 0 Å². The van der Waals surface area contributed by atoms with Crippen molar-refractivity contribution in [2.75, 3.05) is 0 Å². The molecule has 3 rings (SSSR count).